The van der Waals surface area contributed by atoms with Crippen molar-refractivity contribution in [3.63, 3.8) is 0 Å². The molecule has 1 aromatic heterocycles. The lowest BCUT2D eigenvalue weighted by Gasteiger charge is -2.17. The van der Waals surface area contributed by atoms with Gasteiger partial charge in [-0.1, -0.05) is 20.8 Å². The van der Waals surface area contributed by atoms with Gasteiger partial charge >= 0.3 is 0 Å². The minimum atomic E-state index is 0.391. The monoisotopic (exact) mass is 181 g/mol. The maximum Gasteiger partial charge on any atom is 0.147 e. The molecule has 0 unspecified atom stereocenters. The SMILES string of the molecule is Cn1ccc(NCCC(C)(C)C)n1. The van der Waals surface area contributed by atoms with Gasteiger partial charge in [0.2, 0.25) is 0 Å². The highest BCUT2D eigenvalue weighted by atomic mass is 15.3. The van der Waals surface area contributed by atoms with Gasteiger partial charge in [-0.25, -0.2) is 0 Å². The minimum absolute atomic E-state index is 0.391. The smallest absolute Gasteiger partial charge is 0.147 e. The van der Waals surface area contributed by atoms with Crippen molar-refractivity contribution in [3.8, 4) is 0 Å². The van der Waals surface area contributed by atoms with Crippen LogP contribution in [0.2, 0.25) is 0 Å². The molecule has 1 heterocycles. The van der Waals surface area contributed by atoms with Crippen molar-refractivity contribution in [1.29, 1.82) is 0 Å². The molecule has 13 heavy (non-hydrogen) atoms. The summed E-state index contributed by atoms with van der Waals surface area (Å²) in [5.74, 6) is 0.965. The molecule has 0 atom stereocenters. The van der Waals surface area contributed by atoms with Gasteiger partial charge in [-0.05, 0) is 11.8 Å². The third-order valence-corrected chi connectivity index (χ3v) is 1.89. The van der Waals surface area contributed by atoms with Gasteiger partial charge < -0.3 is 5.32 Å². The van der Waals surface area contributed by atoms with E-state index in [0.29, 0.717) is 5.41 Å². The molecule has 0 fully saturated rings. The van der Waals surface area contributed by atoms with Crippen LogP contribution < -0.4 is 5.32 Å². The lowest BCUT2D eigenvalue weighted by atomic mass is 9.92. The third-order valence-electron chi connectivity index (χ3n) is 1.89. The zero-order valence-electron chi connectivity index (χ0n) is 8.96. The van der Waals surface area contributed by atoms with E-state index in [1.54, 1.807) is 4.68 Å². The summed E-state index contributed by atoms with van der Waals surface area (Å²) >= 11 is 0. The second-order valence-corrected chi connectivity index (χ2v) is 4.61. The Hall–Kier alpha value is -0.990. The summed E-state index contributed by atoms with van der Waals surface area (Å²) in [6.45, 7) is 7.72. The highest BCUT2D eigenvalue weighted by molar-refractivity contribution is 5.31. The predicted octanol–water partition coefficient (Wildman–Crippen LogP) is 2.27. The quantitative estimate of drug-likeness (QED) is 0.775. The van der Waals surface area contributed by atoms with Crippen molar-refractivity contribution < 1.29 is 0 Å². The molecule has 0 saturated carbocycles. The summed E-state index contributed by atoms with van der Waals surface area (Å²) in [5, 5.41) is 7.53. The van der Waals surface area contributed by atoms with Crippen molar-refractivity contribution in [2.75, 3.05) is 11.9 Å². The van der Waals surface area contributed by atoms with Crippen molar-refractivity contribution in [2.24, 2.45) is 12.5 Å². The van der Waals surface area contributed by atoms with Crippen LogP contribution in [0.3, 0.4) is 0 Å². The van der Waals surface area contributed by atoms with E-state index >= 15 is 0 Å². The maximum absolute atomic E-state index is 4.24. The lowest BCUT2D eigenvalue weighted by molar-refractivity contribution is 0.389. The summed E-state index contributed by atoms with van der Waals surface area (Å²) in [6, 6.07) is 1.99. The average molecular weight is 181 g/mol. The fourth-order valence-electron chi connectivity index (χ4n) is 1.07. The van der Waals surface area contributed by atoms with E-state index in [4.69, 9.17) is 0 Å². The average Bonchev–Trinajstić information content (AvgIpc) is 2.33. The third kappa shape index (κ3) is 3.97. The number of nitrogens with one attached hydrogen (secondary N) is 1. The van der Waals surface area contributed by atoms with E-state index < -0.39 is 0 Å². The van der Waals surface area contributed by atoms with Crippen molar-refractivity contribution >= 4 is 5.82 Å². The highest BCUT2D eigenvalue weighted by Gasteiger charge is 2.09. The first-order valence-corrected chi connectivity index (χ1v) is 4.71. The van der Waals surface area contributed by atoms with Gasteiger partial charge in [0, 0.05) is 25.9 Å². The zero-order chi connectivity index (χ0) is 9.90. The van der Waals surface area contributed by atoms with Gasteiger partial charge in [0.05, 0.1) is 0 Å². The molecule has 0 aliphatic heterocycles. The van der Waals surface area contributed by atoms with Crippen LogP contribution in [0.1, 0.15) is 27.2 Å². The van der Waals surface area contributed by atoms with Crippen LogP contribution in [0.4, 0.5) is 5.82 Å². The van der Waals surface area contributed by atoms with Crippen LogP contribution in [0.25, 0.3) is 0 Å². The van der Waals surface area contributed by atoms with Gasteiger partial charge in [-0.2, -0.15) is 5.10 Å². The molecule has 74 valence electrons. The standard InChI is InChI=1S/C10H19N3/c1-10(2,3)6-7-11-9-5-8-13(4)12-9/h5,8H,6-7H2,1-4H3,(H,11,12). The van der Waals surface area contributed by atoms with Gasteiger partial charge in [0.15, 0.2) is 0 Å². The number of aromatic nitrogens is 2. The summed E-state index contributed by atoms with van der Waals surface area (Å²) in [6.07, 6.45) is 3.10. The number of aryl methyl sites for hydroxylation is 1. The first kappa shape index (κ1) is 10.1. The molecule has 3 nitrogen and oxygen atoms in total. The fraction of sp³-hybridized carbons (Fsp3) is 0.700. The minimum Gasteiger partial charge on any atom is -0.369 e. The van der Waals surface area contributed by atoms with E-state index in [-0.39, 0.29) is 0 Å². The van der Waals surface area contributed by atoms with Crippen molar-refractivity contribution in [3.05, 3.63) is 12.3 Å². The molecule has 0 aromatic carbocycles. The first-order valence-electron chi connectivity index (χ1n) is 4.71. The van der Waals surface area contributed by atoms with Gasteiger partial charge in [0.1, 0.15) is 5.82 Å². The maximum atomic E-state index is 4.24. The Morgan fingerprint density at radius 2 is 2.15 bits per heavy atom. The van der Waals surface area contributed by atoms with Crippen LogP contribution in [0.15, 0.2) is 12.3 Å². The highest BCUT2D eigenvalue weighted by Crippen LogP contribution is 2.17. The molecule has 0 aliphatic rings. The second kappa shape index (κ2) is 3.81. The Morgan fingerprint density at radius 1 is 1.46 bits per heavy atom. The summed E-state index contributed by atoms with van der Waals surface area (Å²) in [5.41, 5.74) is 0.391. The number of nitrogens with zero attached hydrogens (tertiary/aromatic N) is 2. The first-order chi connectivity index (χ1) is 5.97. The topological polar surface area (TPSA) is 29.9 Å². The Bertz CT molecular complexity index is 257. The van der Waals surface area contributed by atoms with Gasteiger partial charge in [-0.3, -0.25) is 4.68 Å². The second-order valence-electron chi connectivity index (χ2n) is 4.61. The van der Waals surface area contributed by atoms with E-state index in [2.05, 4.69) is 31.2 Å². The van der Waals surface area contributed by atoms with Gasteiger partial charge in [0.25, 0.3) is 0 Å². The Kier molecular flexibility index (Phi) is 2.96. The van der Waals surface area contributed by atoms with Crippen LogP contribution in [0.5, 0.6) is 0 Å². The molecule has 0 radical (unpaired) electrons. The van der Waals surface area contributed by atoms with E-state index in [0.717, 1.165) is 18.8 Å². The normalized spacial score (nSPS) is 11.7. The molecule has 1 rings (SSSR count). The molecule has 0 spiro atoms. The molecule has 0 amide bonds. The molecular formula is C10H19N3. The molecule has 1 N–H and O–H groups in total. The number of hydrogen-bond donors (Lipinski definition) is 1. The van der Waals surface area contributed by atoms with Crippen LogP contribution in [-0.2, 0) is 7.05 Å². The molecule has 1 aromatic rings. The molecular weight excluding hydrogens is 162 g/mol. The number of anilines is 1. The van der Waals surface area contributed by atoms with Gasteiger partial charge in [-0.15, -0.1) is 0 Å². The Morgan fingerprint density at radius 3 is 2.62 bits per heavy atom. The zero-order valence-corrected chi connectivity index (χ0v) is 8.96. The molecule has 3 heteroatoms. The van der Waals surface area contributed by atoms with E-state index in [1.165, 1.54) is 0 Å². The van der Waals surface area contributed by atoms with Crippen molar-refractivity contribution in [1.82, 2.24) is 9.78 Å². The van der Waals surface area contributed by atoms with Crippen LogP contribution in [0, 0.1) is 5.41 Å². The Balaban J connectivity index is 2.28. The number of hydrogen-bond acceptors (Lipinski definition) is 2. The summed E-state index contributed by atoms with van der Waals surface area (Å²) in [7, 11) is 1.93. The summed E-state index contributed by atoms with van der Waals surface area (Å²) in [4.78, 5) is 0. The van der Waals surface area contributed by atoms with E-state index in [9.17, 15) is 0 Å². The molecule has 0 bridgehead atoms. The largest absolute Gasteiger partial charge is 0.369 e. The predicted molar refractivity (Wildman–Crippen MR) is 55.8 cm³/mol. The summed E-state index contributed by atoms with van der Waals surface area (Å²) < 4.78 is 1.80. The molecule has 0 saturated heterocycles. The van der Waals surface area contributed by atoms with Crippen LogP contribution in [-0.4, -0.2) is 16.3 Å². The molecule has 0 aliphatic carbocycles. The fourth-order valence-corrected chi connectivity index (χ4v) is 1.07. The van der Waals surface area contributed by atoms with E-state index in [1.807, 2.05) is 19.3 Å². The lowest BCUT2D eigenvalue weighted by Crippen LogP contribution is -2.13. The van der Waals surface area contributed by atoms with Crippen molar-refractivity contribution in [2.45, 2.75) is 27.2 Å². The van der Waals surface area contributed by atoms with Crippen LogP contribution >= 0.6 is 0 Å². The Labute approximate surface area is 80.1 Å². The number of rotatable bonds is 3.